The van der Waals surface area contributed by atoms with Gasteiger partial charge < -0.3 is 18.9 Å². The Morgan fingerprint density at radius 3 is 2.88 bits per heavy atom. The molecule has 0 aliphatic carbocycles. The molecule has 0 saturated heterocycles. The van der Waals surface area contributed by atoms with Gasteiger partial charge in [-0.3, -0.25) is 9.69 Å². The third-order valence-electron chi connectivity index (χ3n) is 5.09. The highest BCUT2D eigenvalue weighted by Gasteiger charge is 2.24. The van der Waals surface area contributed by atoms with Gasteiger partial charge in [-0.25, -0.2) is 0 Å². The van der Waals surface area contributed by atoms with Crippen LogP contribution in [0.4, 0.5) is 0 Å². The van der Waals surface area contributed by atoms with E-state index in [1.54, 1.807) is 4.90 Å². The van der Waals surface area contributed by atoms with Gasteiger partial charge in [0.2, 0.25) is 12.7 Å². The molecular weight excluding hydrogens is 330 g/mol. The zero-order valence-electron chi connectivity index (χ0n) is 15.4. The first-order valence-electron chi connectivity index (χ1n) is 9.03. The van der Waals surface area contributed by atoms with Crippen molar-refractivity contribution in [2.24, 2.45) is 5.92 Å². The van der Waals surface area contributed by atoms with Crippen LogP contribution in [0.1, 0.15) is 17.7 Å². The number of benzene rings is 1. The number of amides is 1. The molecule has 0 bridgehead atoms. The van der Waals surface area contributed by atoms with Crippen LogP contribution in [0, 0.1) is 5.92 Å². The number of aromatic nitrogens is 1. The Morgan fingerprint density at radius 1 is 1.19 bits per heavy atom. The van der Waals surface area contributed by atoms with Crippen molar-refractivity contribution in [3.05, 3.63) is 47.8 Å². The molecule has 138 valence electrons. The van der Waals surface area contributed by atoms with Gasteiger partial charge in [-0.1, -0.05) is 6.07 Å². The Labute approximate surface area is 153 Å². The minimum Gasteiger partial charge on any atom is -0.454 e. The van der Waals surface area contributed by atoms with Gasteiger partial charge in [0, 0.05) is 58.6 Å². The van der Waals surface area contributed by atoms with E-state index in [0.717, 1.165) is 37.7 Å². The van der Waals surface area contributed by atoms with E-state index in [2.05, 4.69) is 39.9 Å². The Balaban J connectivity index is 1.52. The summed E-state index contributed by atoms with van der Waals surface area (Å²) in [4.78, 5) is 16.3. The van der Waals surface area contributed by atoms with Gasteiger partial charge in [0.1, 0.15) is 0 Å². The summed E-state index contributed by atoms with van der Waals surface area (Å²) in [5.74, 6) is 2.12. The summed E-state index contributed by atoms with van der Waals surface area (Å²) in [6.07, 6.45) is 2.69. The molecule has 2 aliphatic heterocycles. The average Bonchev–Trinajstić information content (AvgIpc) is 3.20. The van der Waals surface area contributed by atoms with Crippen molar-refractivity contribution in [3.63, 3.8) is 0 Å². The van der Waals surface area contributed by atoms with Crippen LogP contribution in [0.25, 0.3) is 0 Å². The molecule has 6 heteroatoms. The standard InChI is InChI=1S/C20H25N3O3/c1-21(2)20(24)9-16-11-22(13-17-4-3-7-23(17)12-16)10-15-5-6-18-19(8-15)26-14-25-18/h3-8,16H,9-14H2,1-2H3/t16-/m0/s1. The summed E-state index contributed by atoms with van der Waals surface area (Å²) in [5.41, 5.74) is 2.50. The van der Waals surface area contributed by atoms with Gasteiger partial charge in [-0.05, 0) is 35.7 Å². The smallest absolute Gasteiger partial charge is 0.231 e. The quantitative estimate of drug-likeness (QED) is 0.845. The maximum absolute atomic E-state index is 12.2. The lowest BCUT2D eigenvalue weighted by Crippen LogP contribution is -2.32. The molecule has 1 amide bonds. The van der Waals surface area contributed by atoms with E-state index in [1.165, 1.54) is 11.3 Å². The van der Waals surface area contributed by atoms with Gasteiger partial charge >= 0.3 is 0 Å². The highest BCUT2D eigenvalue weighted by molar-refractivity contribution is 5.75. The SMILES string of the molecule is CN(C)C(=O)C[C@H]1CN(Cc2ccc3c(c2)OCO3)Cc2cccn2C1. The predicted octanol–water partition coefficient (Wildman–Crippen LogP) is 2.33. The molecule has 0 fully saturated rings. The summed E-state index contributed by atoms with van der Waals surface area (Å²) in [5, 5.41) is 0. The number of hydrogen-bond donors (Lipinski definition) is 0. The molecule has 26 heavy (non-hydrogen) atoms. The molecule has 1 atom stereocenters. The first kappa shape index (κ1) is 17.0. The molecule has 0 saturated carbocycles. The number of fused-ring (bicyclic) bond motifs is 2. The van der Waals surface area contributed by atoms with E-state index in [9.17, 15) is 4.79 Å². The second-order valence-corrected chi connectivity index (χ2v) is 7.37. The number of carbonyl (C=O) groups excluding carboxylic acids is 1. The van der Waals surface area contributed by atoms with Crippen LogP contribution >= 0.6 is 0 Å². The average molecular weight is 355 g/mol. The first-order valence-corrected chi connectivity index (χ1v) is 9.03. The Hall–Kier alpha value is -2.47. The fourth-order valence-corrected chi connectivity index (χ4v) is 3.74. The number of rotatable bonds is 4. The van der Waals surface area contributed by atoms with Gasteiger partial charge in [-0.15, -0.1) is 0 Å². The van der Waals surface area contributed by atoms with Crippen LogP contribution in [0.5, 0.6) is 11.5 Å². The fraction of sp³-hybridized carbons (Fsp3) is 0.450. The van der Waals surface area contributed by atoms with Crippen molar-refractivity contribution >= 4 is 5.91 Å². The fourth-order valence-electron chi connectivity index (χ4n) is 3.74. The summed E-state index contributed by atoms with van der Waals surface area (Å²) in [7, 11) is 3.65. The Morgan fingerprint density at radius 2 is 2.04 bits per heavy atom. The van der Waals surface area contributed by atoms with Crippen molar-refractivity contribution < 1.29 is 14.3 Å². The molecule has 3 heterocycles. The Kier molecular flexibility index (Phi) is 4.59. The molecule has 1 aromatic heterocycles. The molecule has 0 N–H and O–H groups in total. The van der Waals surface area contributed by atoms with Crippen molar-refractivity contribution in [2.45, 2.75) is 26.1 Å². The maximum atomic E-state index is 12.2. The van der Waals surface area contributed by atoms with Crippen molar-refractivity contribution in [1.82, 2.24) is 14.4 Å². The minimum atomic E-state index is 0.189. The van der Waals surface area contributed by atoms with E-state index in [-0.39, 0.29) is 5.91 Å². The Bertz CT molecular complexity index is 799. The maximum Gasteiger partial charge on any atom is 0.231 e. The van der Waals surface area contributed by atoms with Crippen LogP contribution < -0.4 is 9.47 Å². The van der Waals surface area contributed by atoms with Crippen molar-refractivity contribution in [3.8, 4) is 11.5 Å². The van der Waals surface area contributed by atoms with Crippen molar-refractivity contribution in [2.75, 3.05) is 27.4 Å². The zero-order valence-corrected chi connectivity index (χ0v) is 15.4. The third kappa shape index (κ3) is 3.55. The monoisotopic (exact) mass is 355 g/mol. The van der Waals surface area contributed by atoms with E-state index in [1.807, 2.05) is 20.2 Å². The molecule has 2 aliphatic rings. The van der Waals surface area contributed by atoms with Gasteiger partial charge in [-0.2, -0.15) is 0 Å². The van der Waals surface area contributed by atoms with Gasteiger partial charge in [0.25, 0.3) is 0 Å². The van der Waals surface area contributed by atoms with Crippen LogP contribution in [0.15, 0.2) is 36.5 Å². The number of nitrogens with zero attached hydrogens (tertiary/aromatic N) is 3. The minimum absolute atomic E-state index is 0.189. The summed E-state index contributed by atoms with van der Waals surface area (Å²) < 4.78 is 13.2. The van der Waals surface area contributed by atoms with Crippen LogP contribution in [-0.4, -0.2) is 47.7 Å². The molecule has 0 radical (unpaired) electrons. The molecule has 4 rings (SSSR count). The third-order valence-corrected chi connectivity index (χ3v) is 5.09. The topological polar surface area (TPSA) is 46.9 Å². The summed E-state index contributed by atoms with van der Waals surface area (Å²) in [6.45, 7) is 3.79. The van der Waals surface area contributed by atoms with Crippen LogP contribution in [0.2, 0.25) is 0 Å². The molecule has 2 aromatic rings. The molecule has 0 unspecified atom stereocenters. The highest BCUT2D eigenvalue weighted by atomic mass is 16.7. The van der Waals surface area contributed by atoms with E-state index < -0.39 is 0 Å². The van der Waals surface area contributed by atoms with Gasteiger partial charge in [0.15, 0.2) is 11.5 Å². The number of ether oxygens (including phenoxy) is 2. The zero-order chi connectivity index (χ0) is 18.1. The van der Waals surface area contributed by atoms with Crippen LogP contribution in [-0.2, 0) is 24.4 Å². The van der Waals surface area contributed by atoms with Crippen LogP contribution in [0.3, 0.4) is 0 Å². The molecular formula is C20H25N3O3. The van der Waals surface area contributed by atoms with E-state index in [4.69, 9.17) is 9.47 Å². The number of carbonyl (C=O) groups is 1. The van der Waals surface area contributed by atoms with Gasteiger partial charge in [0.05, 0.1) is 0 Å². The summed E-state index contributed by atoms with van der Waals surface area (Å²) in [6, 6.07) is 10.4. The lowest BCUT2D eigenvalue weighted by Gasteiger charge is -2.24. The molecule has 1 aromatic carbocycles. The lowest BCUT2D eigenvalue weighted by molar-refractivity contribution is -0.129. The number of hydrogen-bond acceptors (Lipinski definition) is 4. The second-order valence-electron chi connectivity index (χ2n) is 7.37. The predicted molar refractivity (Wildman–Crippen MR) is 97.9 cm³/mol. The van der Waals surface area contributed by atoms with E-state index in [0.29, 0.717) is 19.1 Å². The van der Waals surface area contributed by atoms with Crippen molar-refractivity contribution in [1.29, 1.82) is 0 Å². The van der Waals surface area contributed by atoms with E-state index >= 15 is 0 Å². The first-order chi connectivity index (χ1) is 12.6. The lowest BCUT2D eigenvalue weighted by atomic mass is 10.0. The molecule has 6 nitrogen and oxygen atoms in total. The largest absolute Gasteiger partial charge is 0.454 e. The highest BCUT2D eigenvalue weighted by Crippen LogP contribution is 2.33. The molecule has 0 spiro atoms. The summed E-state index contributed by atoms with van der Waals surface area (Å²) >= 11 is 0. The second kappa shape index (κ2) is 7.03. The normalized spacial score (nSPS) is 19.1.